The smallest absolute Gasteiger partial charge is 0.237 e. The molecule has 3 nitrogen and oxygen atoms in total. The molecule has 0 aromatic rings. The van der Waals surface area contributed by atoms with Gasteiger partial charge in [-0.1, -0.05) is 20.3 Å². The zero-order valence-electron chi connectivity index (χ0n) is 11.9. The predicted octanol–water partition coefficient (Wildman–Crippen LogP) is 2.40. The Bertz CT molecular complexity index is 233. The van der Waals surface area contributed by atoms with E-state index in [1.165, 1.54) is 6.42 Å². The highest BCUT2D eigenvalue weighted by atomic mass is 32.2. The summed E-state index contributed by atoms with van der Waals surface area (Å²) in [4.78, 5) is 11.5. The van der Waals surface area contributed by atoms with Crippen molar-refractivity contribution in [1.82, 2.24) is 5.32 Å². The van der Waals surface area contributed by atoms with E-state index in [2.05, 4.69) is 19.2 Å². The first-order chi connectivity index (χ1) is 7.81. The number of primary amides is 1. The lowest BCUT2D eigenvalue weighted by Gasteiger charge is -2.29. The SMILES string of the molecule is CCC(C)CSCCC(C)(NC(C)C)C(N)=O. The maximum Gasteiger partial charge on any atom is 0.237 e. The minimum absolute atomic E-state index is 0.254. The number of carbonyl (C=O) groups excluding carboxylic acids is 1. The Morgan fingerprint density at radius 3 is 2.41 bits per heavy atom. The highest BCUT2D eigenvalue weighted by molar-refractivity contribution is 7.99. The summed E-state index contributed by atoms with van der Waals surface area (Å²) >= 11 is 1.91. The molecule has 3 N–H and O–H groups in total. The van der Waals surface area contributed by atoms with E-state index in [0.29, 0.717) is 0 Å². The van der Waals surface area contributed by atoms with Gasteiger partial charge in [-0.05, 0) is 44.6 Å². The fraction of sp³-hybridized carbons (Fsp3) is 0.923. The molecular formula is C13H28N2OS. The summed E-state index contributed by atoms with van der Waals surface area (Å²) in [6.07, 6.45) is 2.01. The molecule has 0 spiro atoms. The van der Waals surface area contributed by atoms with Gasteiger partial charge in [0.25, 0.3) is 0 Å². The van der Waals surface area contributed by atoms with Crippen molar-refractivity contribution in [3.8, 4) is 0 Å². The predicted molar refractivity (Wildman–Crippen MR) is 77.3 cm³/mol. The minimum Gasteiger partial charge on any atom is -0.368 e. The van der Waals surface area contributed by atoms with Gasteiger partial charge in [-0.15, -0.1) is 0 Å². The third kappa shape index (κ3) is 6.94. The average Bonchev–Trinajstić information content (AvgIpc) is 2.22. The second kappa shape index (κ2) is 7.98. The maximum atomic E-state index is 11.5. The van der Waals surface area contributed by atoms with Gasteiger partial charge in [0.05, 0.1) is 5.54 Å². The van der Waals surface area contributed by atoms with E-state index in [1.54, 1.807) is 0 Å². The zero-order chi connectivity index (χ0) is 13.5. The quantitative estimate of drug-likeness (QED) is 0.626. The Labute approximate surface area is 110 Å². The molecule has 0 fully saturated rings. The van der Waals surface area contributed by atoms with Gasteiger partial charge in [-0.2, -0.15) is 11.8 Å². The van der Waals surface area contributed by atoms with E-state index in [0.717, 1.165) is 23.8 Å². The van der Waals surface area contributed by atoms with E-state index < -0.39 is 5.54 Å². The summed E-state index contributed by atoms with van der Waals surface area (Å²) in [7, 11) is 0. The molecule has 0 radical (unpaired) electrons. The summed E-state index contributed by atoms with van der Waals surface area (Å²) in [6, 6.07) is 0.270. The second-order valence-corrected chi connectivity index (χ2v) is 6.48. The Kier molecular flexibility index (Phi) is 7.88. The molecule has 0 aliphatic carbocycles. The summed E-state index contributed by atoms with van der Waals surface area (Å²) in [6.45, 7) is 10.4. The molecular weight excluding hydrogens is 232 g/mol. The van der Waals surface area contributed by atoms with Crippen molar-refractivity contribution in [2.24, 2.45) is 11.7 Å². The first-order valence-corrected chi connectivity index (χ1v) is 7.62. The molecule has 0 aliphatic heterocycles. The van der Waals surface area contributed by atoms with Crippen LogP contribution in [-0.2, 0) is 4.79 Å². The monoisotopic (exact) mass is 260 g/mol. The molecule has 17 heavy (non-hydrogen) atoms. The standard InChI is InChI=1S/C13H28N2OS/c1-6-11(4)9-17-8-7-13(5,12(14)16)15-10(2)3/h10-11,15H,6-9H2,1-5H3,(H2,14,16). The highest BCUT2D eigenvalue weighted by Gasteiger charge is 2.30. The van der Waals surface area contributed by atoms with E-state index >= 15 is 0 Å². The zero-order valence-corrected chi connectivity index (χ0v) is 12.7. The molecule has 0 bridgehead atoms. The van der Waals surface area contributed by atoms with E-state index in [-0.39, 0.29) is 11.9 Å². The molecule has 4 heteroatoms. The van der Waals surface area contributed by atoms with Crippen molar-refractivity contribution >= 4 is 17.7 Å². The lowest BCUT2D eigenvalue weighted by molar-refractivity contribution is -0.124. The van der Waals surface area contributed by atoms with Crippen LogP contribution >= 0.6 is 11.8 Å². The van der Waals surface area contributed by atoms with Gasteiger partial charge in [0.2, 0.25) is 5.91 Å². The van der Waals surface area contributed by atoms with Crippen LogP contribution in [-0.4, -0.2) is 29.0 Å². The topological polar surface area (TPSA) is 55.1 Å². The molecule has 2 atom stereocenters. The third-order valence-corrected chi connectivity index (χ3v) is 4.29. The number of amides is 1. The fourth-order valence-corrected chi connectivity index (χ4v) is 2.94. The van der Waals surface area contributed by atoms with Crippen LogP contribution in [0.3, 0.4) is 0 Å². The number of hydrogen-bond donors (Lipinski definition) is 2. The molecule has 0 saturated carbocycles. The van der Waals surface area contributed by atoms with Gasteiger partial charge < -0.3 is 11.1 Å². The number of rotatable bonds is 9. The Morgan fingerprint density at radius 1 is 1.41 bits per heavy atom. The second-order valence-electron chi connectivity index (χ2n) is 5.33. The van der Waals surface area contributed by atoms with Crippen LogP contribution < -0.4 is 11.1 Å². The first-order valence-electron chi connectivity index (χ1n) is 6.47. The van der Waals surface area contributed by atoms with Crippen molar-refractivity contribution in [3.05, 3.63) is 0 Å². The Hall–Kier alpha value is -0.220. The lowest BCUT2D eigenvalue weighted by atomic mass is 9.97. The van der Waals surface area contributed by atoms with E-state index in [9.17, 15) is 4.79 Å². The maximum absolute atomic E-state index is 11.5. The number of carbonyl (C=O) groups is 1. The van der Waals surface area contributed by atoms with Crippen LogP contribution in [0.5, 0.6) is 0 Å². The van der Waals surface area contributed by atoms with Crippen molar-refractivity contribution in [3.63, 3.8) is 0 Å². The molecule has 1 amide bonds. The Morgan fingerprint density at radius 2 is 2.00 bits per heavy atom. The summed E-state index contributed by atoms with van der Waals surface area (Å²) in [5, 5.41) is 3.27. The van der Waals surface area contributed by atoms with Gasteiger partial charge >= 0.3 is 0 Å². The average molecular weight is 260 g/mol. The molecule has 0 aromatic heterocycles. The van der Waals surface area contributed by atoms with Crippen LogP contribution in [0, 0.1) is 5.92 Å². The first kappa shape index (κ1) is 16.8. The molecule has 0 heterocycles. The molecule has 0 rings (SSSR count). The summed E-state index contributed by atoms with van der Waals surface area (Å²) < 4.78 is 0. The van der Waals surface area contributed by atoms with Gasteiger partial charge in [0.1, 0.15) is 0 Å². The number of hydrogen-bond acceptors (Lipinski definition) is 3. The van der Waals surface area contributed by atoms with Crippen molar-refractivity contribution in [2.75, 3.05) is 11.5 Å². The van der Waals surface area contributed by atoms with Crippen LogP contribution in [0.1, 0.15) is 47.5 Å². The molecule has 0 saturated heterocycles. The van der Waals surface area contributed by atoms with E-state index in [4.69, 9.17) is 5.73 Å². The molecule has 0 aromatic carbocycles. The highest BCUT2D eigenvalue weighted by Crippen LogP contribution is 2.18. The lowest BCUT2D eigenvalue weighted by Crippen LogP contribution is -2.55. The van der Waals surface area contributed by atoms with Crippen molar-refractivity contribution in [2.45, 2.75) is 59.0 Å². The Balaban J connectivity index is 4.06. The molecule has 2 unspecified atom stereocenters. The van der Waals surface area contributed by atoms with Crippen LogP contribution in [0.4, 0.5) is 0 Å². The molecule has 0 aliphatic rings. The van der Waals surface area contributed by atoms with Crippen LogP contribution in [0.15, 0.2) is 0 Å². The van der Waals surface area contributed by atoms with Gasteiger partial charge in [0, 0.05) is 6.04 Å². The molecule has 102 valence electrons. The third-order valence-electron chi connectivity index (χ3n) is 3.00. The number of nitrogens with one attached hydrogen (secondary N) is 1. The normalized spacial score (nSPS) is 16.8. The van der Waals surface area contributed by atoms with Gasteiger partial charge in [-0.25, -0.2) is 0 Å². The minimum atomic E-state index is -0.573. The van der Waals surface area contributed by atoms with Crippen LogP contribution in [0.25, 0.3) is 0 Å². The van der Waals surface area contributed by atoms with E-state index in [1.807, 2.05) is 32.5 Å². The number of nitrogens with two attached hydrogens (primary N) is 1. The largest absolute Gasteiger partial charge is 0.368 e. The fourth-order valence-electron chi connectivity index (χ4n) is 1.58. The van der Waals surface area contributed by atoms with Crippen molar-refractivity contribution < 1.29 is 4.79 Å². The summed E-state index contributed by atoms with van der Waals surface area (Å²) in [5.41, 5.74) is 4.90. The number of thioether (sulfide) groups is 1. The van der Waals surface area contributed by atoms with Crippen molar-refractivity contribution in [1.29, 1.82) is 0 Å². The van der Waals surface area contributed by atoms with Gasteiger partial charge in [-0.3, -0.25) is 4.79 Å². The van der Waals surface area contributed by atoms with Gasteiger partial charge in [0.15, 0.2) is 0 Å². The van der Waals surface area contributed by atoms with Crippen LogP contribution in [0.2, 0.25) is 0 Å². The summed E-state index contributed by atoms with van der Waals surface area (Å²) in [5.74, 6) is 2.63.